The van der Waals surface area contributed by atoms with Crippen LogP contribution in [0.25, 0.3) is 0 Å². The van der Waals surface area contributed by atoms with Gasteiger partial charge in [0, 0.05) is 12.1 Å². The van der Waals surface area contributed by atoms with Crippen molar-refractivity contribution in [1.29, 1.82) is 0 Å². The summed E-state index contributed by atoms with van der Waals surface area (Å²) in [6.45, 7) is 0.100. The largest absolute Gasteiger partial charge is 0.494 e. The molecule has 0 fully saturated rings. The van der Waals surface area contributed by atoms with Crippen LogP contribution >= 0.6 is 0 Å². The lowest BCUT2D eigenvalue weighted by Gasteiger charge is -2.08. The zero-order valence-corrected chi connectivity index (χ0v) is 13.0. The highest BCUT2D eigenvalue weighted by atomic mass is 16.5. The number of benzene rings is 1. The summed E-state index contributed by atoms with van der Waals surface area (Å²) >= 11 is 0. The summed E-state index contributed by atoms with van der Waals surface area (Å²) in [6, 6.07) is 6.76. The molecule has 0 saturated heterocycles. The number of carbonyl (C=O) groups excluding carboxylic acids is 3. The third-order valence-electron chi connectivity index (χ3n) is 2.79. The fourth-order valence-electron chi connectivity index (χ4n) is 1.60. The second-order valence-corrected chi connectivity index (χ2v) is 4.58. The number of anilines is 1. The zero-order chi connectivity index (χ0) is 17.1. The van der Waals surface area contributed by atoms with Gasteiger partial charge in [0.05, 0.1) is 26.8 Å². The Hall–Kier alpha value is -2.61. The molecule has 1 aromatic rings. The Morgan fingerprint density at radius 3 is 2.43 bits per heavy atom. The van der Waals surface area contributed by atoms with Crippen LogP contribution in [0.3, 0.4) is 0 Å². The Balaban J connectivity index is 2.31. The highest BCUT2D eigenvalue weighted by Gasteiger charge is 2.05. The molecule has 126 valence electrons. The average Bonchev–Trinajstić information content (AvgIpc) is 2.57. The maximum atomic E-state index is 11.6. The Labute approximate surface area is 134 Å². The van der Waals surface area contributed by atoms with E-state index < -0.39 is 5.91 Å². The molecule has 23 heavy (non-hydrogen) atoms. The van der Waals surface area contributed by atoms with E-state index in [0.717, 1.165) is 0 Å². The first-order chi connectivity index (χ1) is 11.0. The first kappa shape index (κ1) is 18.4. The fourth-order valence-corrected chi connectivity index (χ4v) is 1.60. The SMILES string of the molecule is COC(=O)CCCOc1ccc(NC(=O)CNC(=O)CN)cc1. The standard InChI is InChI=1S/C15H21N3O5/c1-22-15(21)3-2-8-23-12-6-4-11(5-7-12)18-14(20)10-17-13(19)9-16/h4-7H,2-3,8-10,16H2,1H3,(H,17,19)(H,18,20). The van der Waals surface area contributed by atoms with Crippen molar-refractivity contribution in [2.75, 3.05) is 32.1 Å². The Bertz CT molecular complexity index is 530. The zero-order valence-electron chi connectivity index (χ0n) is 13.0. The van der Waals surface area contributed by atoms with Crippen molar-refractivity contribution in [1.82, 2.24) is 5.32 Å². The molecule has 0 heterocycles. The summed E-state index contributed by atoms with van der Waals surface area (Å²) in [5.74, 6) is -0.382. The third-order valence-corrected chi connectivity index (χ3v) is 2.79. The Morgan fingerprint density at radius 2 is 1.83 bits per heavy atom. The van der Waals surface area contributed by atoms with E-state index in [-0.39, 0.29) is 25.0 Å². The number of carbonyl (C=O) groups is 3. The van der Waals surface area contributed by atoms with E-state index in [4.69, 9.17) is 10.5 Å². The number of ether oxygens (including phenoxy) is 2. The van der Waals surface area contributed by atoms with Crippen LogP contribution in [-0.4, -0.2) is 44.6 Å². The normalized spacial score (nSPS) is 9.83. The minimum absolute atomic E-state index is 0.137. The smallest absolute Gasteiger partial charge is 0.305 e. The van der Waals surface area contributed by atoms with E-state index in [0.29, 0.717) is 30.9 Å². The lowest BCUT2D eigenvalue weighted by Crippen LogP contribution is -2.36. The molecule has 0 aliphatic heterocycles. The first-order valence-electron chi connectivity index (χ1n) is 7.11. The van der Waals surface area contributed by atoms with E-state index in [1.807, 2.05) is 0 Å². The average molecular weight is 323 g/mol. The summed E-state index contributed by atoms with van der Waals surface area (Å²) in [5.41, 5.74) is 5.70. The lowest BCUT2D eigenvalue weighted by molar-refractivity contribution is -0.140. The van der Waals surface area contributed by atoms with Crippen molar-refractivity contribution in [3.8, 4) is 5.75 Å². The molecule has 2 amide bonds. The van der Waals surface area contributed by atoms with Crippen LogP contribution in [0.1, 0.15) is 12.8 Å². The molecular weight excluding hydrogens is 302 g/mol. The van der Waals surface area contributed by atoms with Crippen LogP contribution < -0.4 is 21.1 Å². The van der Waals surface area contributed by atoms with Crippen molar-refractivity contribution >= 4 is 23.5 Å². The molecule has 1 aromatic carbocycles. The van der Waals surface area contributed by atoms with Gasteiger partial charge >= 0.3 is 5.97 Å². The molecule has 0 atom stereocenters. The molecule has 4 N–H and O–H groups in total. The van der Waals surface area contributed by atoms with Crippen LogP contribution in [0.5, 0.6) is 5.75 Å². The molecule has 0 aliphatic carbocycles. The second kappa shape index (κ2) is 10.2. The third kappa shape index (κ3) is 7.82. The van der Waals surface area contributed by atoms with Gasteiger partial charge in [0.2, 0.25) is 11.8 Å². The molecule has 0 saturated carbocycles. The van der Waals surface area contributed by atoms with E-state index in [9.17, 15) is 14.4 Å². The number of hydrogen-bond acceptors (Lipinski definition) is 6. The van der Waals surface area contributed by atoms with Gasteiger partial charge in [-0.1, -0.05) is 0 Å². The van der Waals surface area contributed by atoms with Gasteiger partial charge in [-0.05, 0) is 30.7 Å². The highest BCUT2D eigenvalue weighted by Crippen LogP contribution is 2.15. The molecule has 0 radical (unpaired) electrons. The van der Waals surface area contributed by atoms with E-state index in [2.05, 4.69) is 15.4 Å². The van der Waals surface area contributed by atoms with E-state index in [1.165, 1.54) is 7.11 Å². The number of amides is 2. The van der Waals surface area contributed by atoms with Gasteiger partial charge in [0.25, 0.3) is 0 Å². The van der Waals surface area contributed by atoms with Crippen LogP contribution in [0.4, 0.5) is 5.69 Å². The molecule has 8 nitrogen and oxygen atoms in total. The van der Waals surface area contributed by atoms with Gasteiger partial charge in [-0.15, -0.1) is 0 Å². The topological polar surface area (TPSA) is 120 Å². The number of hydrogen-bond donors (Lipinski definition) is 3. The predicted molar refractivity (Wildman–Crippen MR) is 83.9 cm³/mol. The predicted octanol–water partition coefficient (Wildman–Crippen LogP) is 0.0320. The van der Waals surface area contributed by atoms with Gasteiger partial charge in [0.1, 0.15) is 5.75 Å². The monoisotopic (exact) mass is 323 g/mol. The lowest BCUT2D eigenvalue weighted by atomic mass is 10.3. The van der Waals surface area contributed by atoms with E-state index >= 15 is 0 Å². The molecule has 0 unspecified atom stereocenters. The van der Waals surface area contributed by atoms with Crippen LogP contribution in [0.15, 0.2) is 24.3 Å². The molecule has 0 aromatic heterocycles. The number of nitrogens with one attached hydrogen (secondary N) is 2. The van der Waals surface area contributed by atoms with Gasteiger partial charge in [-0.3, -0.25) is 14.4 Å². The van der Waals surface area contributed by atoms with Crippen molar-refractivity contribution in [2.45, 2.75) is 12.8 Å². The van der Waals surface area contributed by atoms with Gasteiger partial charge in [-0.25, -0.2) is 0 Å². The number of rotatable bonds is 9. The summed E-state index contributed by atoms with van der Waals surface area (Å²) in [7, 11) is 1.34. The van der Waals surface area contributed by atoms with Crippen molar-refractivity contribution in [2.24, 2.45) is 5.73 Å². The summed E-state index contributed by atoms with van der Waals surface area (Å²) in [4.78, 5) is 33.5. The quantitative estimate of drug-likeness (QED) is 0.436. The molecular formula is C15H21N3O5. The van der Waals surface area contributed by atoms with E-state index in [1.54, 1.807) is 24.3 Å². The summed E-state index contributed by atoms with van der Waals surface area (Å²) in [6.07, 6.45) is 0.866. The Morgan fingerprint density at radius 1 is 1.13 bits per heavy atom. The maximum Gasteiger partial charge on any atom is 0.305 e. The first-order valence-corrected chi connectivity index (χ1v) is 7.11. The molecule has 0 spiro atoms. The molecule has 8 heteroatoms. The van der Waals surface area contributed by atoms with Gasteiger partial charge in [-0.2, -0.15) is 0 Å². The van der Waals surface area contributed by atoms with Crippen molar-refractivity contribution in [3.05, 3.63) is 24.3 Å². The second-order valence-electron chi connectivity index (χ2n) is 4.58. The maximum absolute atomic E-state index is 11.6. The van der Waals surface area contributed by atoms with Gasteiger partial charge < -0.3 is 25.8 Å². The molecule has 0 aliphatic rings. The number of methoxy groups -OCH3 is 1. The molecule has 1 rings (SSSR count). The van der Waals surface area contributed by atoms with Crippen LogP contribution in [0, 0.1) is 0 Å². The number of nitrogens with two attached hydrogens (primary N) is 1. The number of esters is 1. The minimum Gasteiger partial charge on any atom is -0.494 e. The summed E-state index contributed by atoms with van der Waals surface area (Å²) < 4.78 is 9.99. The highest BCUT2D eigenvalue weighted by molar-refractivity contribution is 5.94. The molecule has 0 bridgehead atoms. The van der Waals surface area contributed by atoms with Crippen LogP contribution in [0.2, 0.25) is 0 Å². The van der Waals surface area contributed by atoms with Crippen LogP contribution in [-0.2, 0) is 19.1 Å². The fraction of sp³-hybridized carbons (Fsp3) is 0.400. The summed E-state index contributed by atoms with van der Waals surface area (Å²) in [5, 5.41) is 5.00. The Kier molecular flexibility index (Phi) is 8.16. The minimum atomic E-state index is -0.393. The van der Waals surface area contributed by atoms with Crippen molar-refractivity contribution < 1.29 is 23.9 Å². The van der Waals surface area contributed by atoms with Crippen molar-refractivity contribution in [3.63, 3.8) is 0 Å². The van der Waals surface area contributed by atoms with Gasteiger partial charge in [0.15, 0.2) is 0 Å².